The Morgan fingerprint density at radius 2 is 2.00 bits per heavy atom. The molecule has 0 aromatic carbocycles. The van der Waals surface area contributed by atoms with Gasteiger partial charge in [0.1, 0.15) is 0 Å². The Kier molecular flexibility index (Phi) is 4.31. The van der Waals surface area contributed by atoms with Crippen molar-refractivity contribution >= 4 is 5.97 Å². The average Bonchev–Trinajstić information content (AvgIpc) is 2.82. The lowest BCUT2D eigenvalue weighted by Crippen LogP contribution is -2.52. The third-order valence-electron chi connectivity index (χ3n) is 5.06. The molecule has 2 unspecified atom stereocenters. The van der Waals surface area contributed by atoms with Gasteiger partial charge in [0.05, 0.1) is 6.42 Å². The van der Waals surface area contributed by atoms with Crippen LogP contribution < -0.4 is 0 Å². The predicted molar refractivity (Wildman–Crippen MR) is 72.6 cm³/mol. The van der Waals surface area contributed by atoms with Gasteiger partial charge < -0.3 is 5.11 Å². The fraction of sp³-hybridized carbons (Fsp3) is 0.933. The Labute approximate surface area is 111 Å². The summed E-state index contributed by atoms with van der Waals surface area (Å²) in [6, 6.07) is 0. The molecule has 0 aromatic rings. The first-order chi connectivity index (χ1) is 8.53. The van der Waals surface area contributed by atoms with Crippen LogP contribution in [0.25, 0.3) is 0 Å². The van der Waals surface area contributed by atoms with Crippen LogP contribution in [0, 0.1) is 11.8 Å². The van der Waals surface area contributed by atoms with Crippen molar-refractivity contribution in [3.8, 4) is 0 Å². The second-order valence-electron chi connectivity index (χ2n) is 6.59. The van der Waals surface area contributed by atoms with Gasteiger partial charge in [-0.15, -0.1) is 0 Å². The number of nitrogens with zero attached hydrogens (tertiary/aromatic N) is 1. The van der Waals surface area contributed by atoms with Crippen molar-refractivity contribution in [3.05, 3.63) is 0 Å². The maximum absolute atomic E-state index is 11.3. The van der Waals surface area contributed by atoms with Crippen molar-refractivity contribution in [3.63, 3.8) is 0 Å². The molecule has 2 fully saturated rings. The Morgan fingerprint density at radius 1 is 1.33 bits per heavy atom. The SMILES string of the molecule is CC(C)C1CCCC(CC(=O)O)(N2CCCC2)C1. The lowest BCUT2D eigenvalue weighted by Gasteiger charge is -2.47. The van der Waals surface area contributed by atoms with Crippen LogP contribution in [-0.2, 0) is 4.79 Å². The lowest BCUT2D eigenvalue weighted by atomic mass is 9.69. The van der Waals surface area contributed by atoms with Crippen molar-refractivity contribution in [2.75, 3.05) is 13.1 Å². The number of carbonyl (C=O) groups is 1. The maximum Gasteiger partial charge on any atom is 0.305 e. The number of aliphatic carboxylic acids is 1. The van der Waals surface area contributed by atoms with E-state index in [-0.39, 0.29) is 5.54 Å². The summed E-state index contributed by atoms with van der Waals surface area (Å²) in [5, 5.41) is 9.29. The zero-order chi connectivity index (χ0) is 13.2. The highest BCUT2D eigenvalue weighted by molar-refractivity contribution is 5.68. The van der Waals surface area contributed by atoms with E-state index in [0.717, 1.165) is 25.9 Å². The molecule has 104 valence electrons. The number of rotatable bonds is 4. The molecule has 2 rings (SSSR count). The minimum absolute atomic E-state index is 0.0322. The molecule has 1 aliphatic carbocycles. The van der Waals surface area contributed by atoms with Crippen LogP contribution in [0.15, 0.2) is 0 Å². The molecule has 0 radical (unpaired) electrons. The van der Waals surface area contributed by atoms with E-state index in [1.165, 1.54) is 25.7 Å². The molecular formula is C15H27NO2. The number of carboxylic acids is 1. The molecule has 1 saturated heterocycles. The zero-order valence-corrected chi connectivity index (χ0v) is 11.8. The molecule has 3 nitrogen and oxygen atoms in total. The quantitative estimate of drug-likeness (QED) is 0.836. The van der Waals surface area contributed by atoms with Crippen molar-refractivity contribution in [1.82, 2.24) is 4.90 Å². The first kappa shape index (κ1) is 13.9. The molecule has 0 bridgehead atoms. The number of hydrogen-bond acceptors (Lipinski definition) is 2. The van der Waals surface area contributed by atoms with Crippen LogP contribution in [0.1, 0.15) is 58.8 Å². The summed E-state index contributed by atoms with van der Waals surface area (Å²) in [4.78, 5) is 13.8. The summed E-state index contributed by atoms with van der Waals surface area (Å²) in [5.41, 5.74) is -0.0322. The van der Waals surface area contributed by atoms with Crippen LogP contribution >= 0.6 is 0 Å². The van der Waals surface area contributed by atoms with Crippen LogP contribution in [0.5, 0.6) is 0 Å². The molecule has 0 aromatic heterocycles. The Balaban J connectivity index is 2.15. The highest BCUT2D eigenvalue weighted by Gasteiger charge is 2.44. The van der Waals surface area contributed by atoms with Gasteiger partial charge in [-0.05, 0) is 50.6 Å². The van der Waals surface area contributed by atoms with Crippen molar-refractivity contribution in [1.29, 1.82) is 0 Å². The summed E-state index contributed by atoms with van der Waals surface area (Å²) in [5.74, 6) is 0.770. The standard InChI is InChI=1S/C15H27NO2/c1-12(2)13-6-5-7-15(10-13,11-14(17)18)16-8-3-4-9-16/h12-13H,3-11H2,1-2H3,(H,17,18). The number of carboxylic acid groups (broad SMARTS) is 1. The minimum Gasteiger partial charge on any atom is -0.481 e. The van der Waals surface area contributed by atoms with E-state index in [2.05, 4.69) is 18.7 Å². The first-order valence-corrected chi connectivity index (χ1v) is 7.50. The van der Waals surface area contributed by atoms with Gasteiger partial charge in [-0.3, -0.25) is 9.69 Å². The molecular weight excluding hydrogens is 226 g/mol. The van der Waals surface area contributed by atoms with Crippen molar-refractivity contribution < 1.29 is 9.90 Å². The monoisotopic (exact) mass is 253 g/mol. The minimum atomic E-state index is -0.619. The van der Waals surface area contributed by atoms with Crippen LogP contribution in [0.3, 0.4) is 0 Å². The number of likely N-dealkylation sites (tertiary alicyclic amines) is 1. The third-order valence-corrected chi connectivity index (χ3v) is 5.06. The molecule has 3 heteroatoms. The van der Waals surface area contributed by atoms with Gasteiger partial charge in [0.2, 0.25) is 0 Å². The Hall–Kier alpha value is -0.570. The average molecular weight is 253 g/mol. The topological polar surface area (TPSA) is 40.5 Å². The summed E-state index contributed by atoms with van der Waals surface area (Å²) in [7, 11) is 0. The lowest BCUT2D eigenvalue weighted by molar-refractivity contribution is -0.141. The van der Waals surface area contributed by atoms with Crippen molar-refractivity contribution in [2.45, 2.75) is 64.3 Å². The molecule has 2 atom stereocenters. The third kappa shape index (κ3) is 2.87. The molecule has 18 heavy (non-hydrogen) atoms. The fourth-order valence-corrected chi connectivity index (χ4v) is 3.99. The van der Waals surface area contributed by atoms with E-state index >= 15 is 0 Å². The van der Waals surface area contributed by atoms with Gasteiger partial charge in [0.25, 0.3) is 0 Å². The second kappa shape index (κ2) is 5.60. The largest absolute Gasteiger partial charge is 0.481 e. The van der Waals surface area contributed by atoms with E-state index in [0.29, 0.717) is 18.3 Å². The summed E-state index contributed by atoms with van der Waals surface area (Å²) < 4.78 is 0. The molecule has 2 aliphatic rings. The summed E-state index contributed by atoms with van der Waals surface area (Å²) >= 11 is 0. The van der Waals surface area contributed by atoms with Crippen LogP contribution in [0.2, 0.25) is 0 Å². The van der Waals surface area contributed by atoms with E-state index in [1.54, 1.807) is 0 Å². The molecule has 1 N–H and O–H groups in total. The summed E-state index contributed by atoms with van der Waals surface area (Å²) in [6.07, 6.45) is 7.50. The van der Waals surface area contributed by atoms with Gasteiger partial charge in [-0.1, -0.05) is 26.7 Å². The normalized spacial score (nSPS) is 34.1. The van der Waals surface area contributed by atoms with E-state index in [9.17, 15) is 9.90 Å². The van der Waals surface area contributed by atoms with Gasteiger partial charge in [-0.25, -0.2) is 0 Å². The van der Waals surface area contributed by atoms with Gasteiger partial charge in [-0.2, -0.15) is 0 Å². The predicted octanol–water partition coefficient (Wildman–Crippen LogP) is 3.14. The summed E-state index contributed by atoms with van der Waals surface area (Å²) in [6.45, 7) is 6.78. The molecule has 1 aliphatic heterocycles. The Morgan fingerprint density at radius 3 is 2.56 bits per heavy atom. The van der Waals surface area contributed by atoms with Crippen molar-refractivity contribution in [2.24, 2.45) is 11.8 Å². The van der Waals surface area contributed by atoms with E-state index in [4.69, 9.17) is 0 Å². The van der Waals surface area contributed by atoms with Gasteiger partial charge in [0, 0.05) is 5.54 Å². The van der Waals surface area contributed by atoms with E-state index in [1.807, 2.05) is 0 Å². The van der Waals surface area contributed by atoms with Gasteiger partial charge in [0.15, 0.2) is 0 Å². The highest BCUT2D eigenvalue weighted by Crippen LogP contribution is 2.43. The van der Waals surface area contributed by atoms with E-state index < -0.39 is 5.97 Å². The molecule has 1 heterocycles. The number of hydrogen-bond donors (Lipinski definition) is 1. The highest BCUT2D eigenvalue weighted by atomic mass is 16.4. The smallest absolute Gasteiger partial charge is 0.305 e. The zero-order valence-electron chi connectivity index (χ0n) is 11.8. The maximum atomic E-state index is 11.3. The fourth-order valence-electron chi connectivity index (χ4n) is 3.99. The van der Waals surface area contributed by atoms with Crippen LogP contribution in [-0.4, -0.2) is 34.6 Å². The van der Waals surface area contributed by atoms with Gasteiger partial charge >= 0.3 is 5.97 Å². The molecule has 1 saturated carbocycles. The second-order valence-corrected chi connectivity index (χ2v) is 6.59. The molecule has 0 spiro atoms. The first-order valence-electron chi connectivity index (χ1n) is 7.50. The molecule has 0 amide bonds. The Bertz CT molecular complexity index is 297. The van der Waals surface area contributed by atoms with Crippen LogP contribution in [0.4, 0.5) is 0 Å².